The number of hydrogen-bond acceptors (Lipinski definition) is 10. The van der Waals surface area contributed by atoms with Gasteiger partial charge in [0.1, 0.15) is 6.54 Å². The third kappa shape index (κ3) is 26.3. The van der Waals surface area contributed by atoms with Crippen LogP contribution >= 0.6 is 11.8 Å². The monoisotopic (exact) mass is 1460 g/mol. The summed E-state index contributed by atoms with van der Waals surface area (Å²) in [5.41, 5.74) is 15.1. The molecule has 0 saturated heterocycles. The molecule has 0 aromatic heterocycles. The number of ether oxygens (including phenoxy) is 3. The number of para-hydroxylation sites is 1. The van der Waals surface area contributed by atoms with Crippen molar-refractivity contribution in [1.82, 2.24) is 16.1 Å². The maximum atomic E-state index is 13.7. The molecule has 14 heteroatoms. The highest BCUT2D eigenvalue weighted by Gasteiger charge is 2.44. The first-order valence-electron chi connectivity index (χ1n) is 41.5. The third-order valence-electron chi connectivity index (χ3n) is 22.4. The van der Waals surface area contributed by atoms with Crippen LogP contribution in [0.4, 0.5) is 11.4 Å². The van der Waals surface area contributed by atoms with Crippen LogP contribution in [0.5, 0.6) is 17.2 Å². The summed E-state index contributed by atoms with van der Waals surface area (Å²) in [5.74, 6) is 0.986. The summed E-state index contributed by atoms with van der Waals surface area (Å²) in [4.78, 5) is 56.7. The molecule has 0 radical (unpaired) electrons. The van der Waals surface area contributed by atoms with Crippen molar-refractivity contribution >= 4 is 52.3 Å². The van der Waals surface area contributed by atoms with Gasteiger partial charge < -0.3 is 29.7 Å². The van der Waals surface area contributed by atoms with Crippen molar-refractivity contribution in [2.24, 2.45) is 5.10 Å². The molecule has 0 spiro atoms. The second kappa shape index (κ2) is 46.5. The lowest BCUT2D eigenvalue weighted by atomic mass is 9.81. The van der Waals surface area contributed by atoms with Crippen LogP contribution in [0.15, 0.2) is 105 Å². The van der Waals surface area contributed by atoms with Gasteiger partial charge in [-0.15, -0.1) is 11.8 Å². The minimum absolute atomic E-state index is 0.0990. The van der Waals surface area contributed by atoms with E-state index < -0.39 is 6.04 Å². The van der Waals surface area contributed by atoms with Crippen LogP contribution in [0.3, 0.4) is 0 Å². The van der Waals surface area contributed by atoms with Crippen molar-refractivity contribution in [3.63, 3.8) is 0 Å². The highest BCUT2D eigenvalue weighted by molar-refractivity contribution is 7.98. The molecule has 0 fully saturated rings. The number of methoxy groups -OCH3 is 3. The number of benzene rings is 3. The van der Waals surface area contributed by atoms with Crippen molar-refractivity contribution in [3.05, 3.63) is 129 Å². The van der Waals surface area contributed by atoms with Gasteiger partial charge in [0.25, 0.3) is 0 Å². The Labute approximate surface area is 639 Å². The van der Waals surface area contributed by atoms with Gasteiger partial charge in [-0.3, -0.25) is 19.2 Å². The van der Waals surface area contributed by atoms with E-state index in [-0.39, 0.29) is 53.2 Å². The molecular weight excluding hydrogens is 1320 g/mol. The zero-order valence-electron chi connectivity index (χ0n) is 67.2. The van der Waals surface area contributed by atoms with Gasteiger partial charge in [-0.1, -0.05) is 256 Å². The summed E-state index contributed by atoms with van der Waals surface area (Å²) in [5, 5.41) is 10.7. The number of carbonyl (C=O) groups excluding carboxylic acids is 3. The normalized spacial score (nSPS) is 15.4. The average molecular weight is 1460 g/mol. The first-order chi connectivity index (χ1) is 51.0. The number of rotatable bonds is 52. The number of hydrogen-bond donors (Lipinski definition) is 3. The molecule has 3 amide bonds. The number of fused-ring (bicyclic) bond motifs is 5. The predicted octanol–water partition coefficient (Wildman–Crippen LogP) is 22.9. The molecule has 2 heterocycles. The Kier molecular flexibility index (Phi) is 37.9. The number of nitrogens with one attached hydrogen (secondary N) is 3. The quantitative estimate of drug-likeness (QED) is 0.0129. The first-order valence-corrected chi connectivity index (χ1v) is 42.7. The zero-order valence-corrected chi connectivity index (χ0v) is 68.0. The second-order valence-electron chi connectivity index (χ2n) is 31.3. The van der Waals surface area contributed by atoms with Crippen LogP contribution < -0.4 is 40.6 Å². The molecule has 1 atom stereocenters. The van der Waals surface area contributed by atoms with E-state index in [4.69, 9.17) is 14.2 Å². The molecule has 7 rings (SSSR count). The number of hydrazone groups is 1. The van der Waals surface area contributed by atoms with E-state index in [0.717, 1.165) is 41.8 Å². The van der Waals surface area contributed by atoms with Crippen LogP contribution in [0.2, 0.25) is 0 Å². The predicted molar refractivity (Wildman–Crippen MR) is 442 cm³/mol. The summed E-state index contributed by atoms with van der Waals surface area (Å²) < 4.78 is 20.0. The number of carbonyl (C=O) groups is 3. The summed E-state index contributed by atoms with van der Waals surface area (Å²) in [6.45, 7) is 18.3. The third-order valence-corrected chi connectivity index (χ3v) is 23.2. The summed E-state index contributed by atoms with van der Waals surface area (Å²) in [6, 6.07) is 22.7. The van der Waals surface area contributed by atoms with Gasteiger partial charge >= 0.3 is 0 Å². The van der Waals surface area contributed by atoms with E-state index in [2.05, 4.69) is 133 Å². The Morgan fingerprint density at radius 2 is 1.15 bits per heavy atom. The fourth-order valence-electron chi connectivity index (χ4n) is 16.2. The van der Waals surface area contributed by atoms with E-state index in [1.54, 1.807) is 27.4 Å². The summed E-state index contributed by atoms with van der Waals surface area (Å²) in [6.07, 6.45) is 55.7. The summed E-state index contributed by atoms with van der Waals surface area (Å²) >= 11 is 1.38. The van der Waals surface area contributed by atoms with Gasteiger partial charge in [-0.05, 0) is 130 Å². The van der Waals surface area contributed by atoms with Gasteiger partial charge in [0.15, 0.2) is 22.6 Å². The molecule has 0 unspecified atom stereocenters. The first kappa shape index (κ1) is 85.6. The SMILES string of the molecule is CCCCCCCCCCCCCCCCCCCCCC[N+]1=C(/C=C\C=C2\N(CCCCCCCCCCCCCC)c3ccc(CNC(=O)CCCC(=O)N/N=C(\C)CCCC(=O)N[C@H]4CCc5cc(OC)c(OC)c(OC)c5-c5ccc(SC)c(=O)cc54)cc3C2(C)C)C(C)(C)c2ccccc21. The Bertz CT molecular complexity index is 3550. The molecule has 4 aromatic rings. The Morgan fingerprint density at radius 3 is 1.73 bits per heavy atom. The fourth-order valence-corrected chi connectivity index (χ4v) is 16.6. The Hall–Kier alpha value is -6.67. The lowest BCUT2D eigenvalue weighted by Crippen LogP contribution is -2.29. The van der Waals surface area contributed by atoms with E-state index in [1.807, 2.05) is 31.4 Å². The maximum Gasteiger partial charge on any atom is 0.240 e. The Balaban J connectivity index is 0.888. The van der Waals surface area contributed by atoms with Crippen LogP contribution in [0.25, 0.3) is 11.1 Å². The van der Waals surface area contributed by atoms with E-state index in [1.165, 1.54) is 245 Å². The van der Waals surface area contributed by atoms with Crippen molar-refractivity contribution < 1.29 is 33.2 Å². The molecule has 578 valence electrons. The number of unbranched alkanes of at least 4 members (excludes halogenated alkanes) is 30. The van der Waals surface area contributed by atoms with E-state index in [9.17, 15) is 19.2 Å². The lowest BCUT2D eigenvalue weighted by molar-refractivity contribution is -0.438. The van der Waals surface area contributed by atoms with Crippen molar-refractivity contribution in [2.75, 3.05) is 45.6 Å². The minimum atomic E-state index is -0.442. The van der Waals surface area contributed by atoms with Crippen LogP contribution in [-0.2, 0) is 38.2 Å². The van der Waals surface area contributed by atoms with Crippen LogP contribution in [-0.4, -0.2) is 74.4 Å². The molecule has 2 aliphatic heterocycles. The Morgan fingerprint density at radius 1 is 0.600 bits per heavy atom. The van der Waals surface area contributed by atoms with E-state index >= 15 is 0 Å². The molecular formula is C91H137N6O7S+. The molecule has 1 aliphatic carbocycles. The van der Waals surface area contributed by atoms with Crippen LogP contribution in [0, 0.1) is 0 Å². The lowest BCUT2D eigenvalue weighted by Gasteiger charge is -2.27. The van der Waals surface area contributed by atoms with Gasteiger partial charge in [0, 0.05) is 84.6 Å². The van der Waals surface area contributed by atoms with Gasteiger partial charge in [-0.2, -0.15) is 9.68 Å². The number of thioether (sulfide) groups is 1. The standard InChI is InChI=1S/C91H136N6O7S/c1-12-14-16-18-20-22-24-26-27-28-29-30-31-32-33-35-37-38-40-44-63-96-77-51-43-42-50-74(77)90(4,5)82(96)52-47-53-83-91(6,7)75-65-70(57-61-78(75)97(83)64-45-41-39-36-34-25-23-21-19-17-15-13-2)68-92-84(99)54-48-56-86(101)95-94-69(3)49-46-55-85(100)93-76-60-58-71-66-80(102-8)88(103-9)89(104-10)87(71)72-59-62-81(105-11)79(98)67-73(72)76/h42-43,47,50-53,57,59,61-62,65-67,76H,12-41,44-46,48-49,54-56,58,60,63-64,68H2,1-11H3,(H2-,92,93,95,99,100,101)/p+1/b94-69+/t76-/m0/s1. The number of anilines is 1. The molecule has 3 aliphatic rings. The average Bonchev–Trinajstić information content (AvgIpc) is 1.62. The number of allylic oxidation sites excluding steroid dienone is 4. The van der Waals surface area contributed by atoms with Crippen LogP contribution in [0.1, 0.15) is 333 Å². The largest absolute Gasteiger partial charge is 0.493 e. The highest BCUT2D eigenvalue weighted by atomic mass is 32.2. The van der Waals surface area contributed by atoms with Gasteiger partial charge in [0.2, 0.25) is 29.2 Å². The molecule has 0 bridgehead atoms. The summed E-state index contributed by atoms with van der Waals surface area (Å²) in [7, 11) is 4.74. The maximum absolute atomic E-state index is 13.7. The molecule has 4 aromatic carbocycles. The highest BCUT2D eigenvalue weighted by Crippen LogP contribution is 2.51. The number of amides is 3. The molecule has 0 saturated carbocycles. The second-order valence-corrected chi connectivity index (χ2v) is 32.2. The smallest absolute Gasteiger partial charge is 0.240 e. The van der Waals surface area contributed by atoms with Crippen molar-refractivity contribution in [1.29, 1.82) is 0 Å². The van der Waals surface area contributed by atoms with Gasteiger partial charge in [0.05, 0.1) is 37.7 Å². The van der Waals surface area contributed by atoms with Crippen molar-refractivity contribution in [3.8, 4) is 28.4 Å². The molecule has 13 nitrogen and oxygen atoms in total. The number of aryl methyl sites for hydroxylation is 1. The fraction of sp³-hybridized carbons (Fsp3) is 0.626. The molecule has 105 heavy (non-hydrogen) atoms. The van der Waals surface area contributed by atoms with Crippen molar-refractivity contribution in [2.45, 2.75) is 334 Å². The minimum Gasteiger partial charge on any atom is -0.493 e. The molecule has 3 N–H and O–H groups in total. The number of nitrogens with zero attached hydrogens (tertiary/aromatic N) is 3. The van der Waals surface area contributed by atoms with E-state index in [0.29, 0.717) is 72.1 Å². The zero-order chi connectivity index (χ0) is 75.2. The topological polar surface area (TPSA) is 151 Å². The van der Waals surface area contributed by atoms with Gasteiger partial charge in [-0.25, -0.2) is 5.43 Å².